The van der Waals surface area contributed by atoms with Crippen LogP contribution in [0, 0.1) is 5.92 Å². The van der Waals surface area contributed by atoms with E-state index in [1.165, 1.54) is 0 Å². The predicted octanol–water partition coefficient (Wildman–Crippen LogP) is 4.01. The Labute approximate surface area is 114 Å². The minimum Gasteiger partial charge on any atom is -0.352 e. The van der Waals surface area contributed by atoms with Gasteiger partial charge in [0.15, 0.2) is 0 Å². The first kappa shape index (κ1) is 13.6. The maximum absolute atomic E-state index is 12.3. The second-order valence-electron chi connectivity index (χ2n) is 4.92. The Hall–Kier alpha value is -1.83. The van der Waals surface area contributed by atoms with E-state index in [1.807, 2.05) is 42.5 Å². The molecule has 19 heavy (non-hydrogen) atoms. The van der Waals surface area contributed by atoms with Crippen molar-refractivity contribution in [2.24, 2.45) is 5.92 Å². The summed E-state index contributed by atoms with van der Waals surface area (Å²) in [6.07, 6.45) is 2.21. The lowest BCUT2D eigenvalue weighted by atomic mass is 10.0. The lowest BCUT2D eigenvalue weighted by molar-refractivity contribution is 0.0948. The van der Waals surface area contributed by atoms with Crippen LogP contribution in [0.4, 0.5) is 0 Å². The first-order valence-electron chi connectivity index (χ1n) is 7.02. The molecule has 2 nitrogen and oxygen atoms in total. The van der Waals surface area contributed by atoms with Gasteiger partial charge in [0, 0.05) is 12.1 Å². The molecule has 0 saturated carbocycles. The number of rotatable bonds is 5. The van der Waals surface area contributed by atoms with Crippen LogP contribution in [0.3, 0.4) is 0 Å². The van der Waals surface area contributed by atoms with Gasteiger partial charge >= 0.3 is 0 Å². The maximum Gasteiger partial charge on any atom is 0.251 e. The zero-order valence-electron chi connectivity index (χ0n) is 11.6. The van der Waals surface area contributed by atoms with Crippen molar-refractivity contribution in [3.63, 3.8) is 0 Å². The van der Waals surface area contributed by atoms with Gasteiger partial charge in [0.2, 0.25) is 0 Å². The molecule has 0 aliphatic rings. The van der Waals surface area contributed by atoms with Crippen molar-refractivity contribution in [2.45, 2.75) is 26.7 Å². The molecule has 0 spiro atoms. The predicted molar refractivity (Wildman–Crippen MR) is 80.4 cm³/mol. The number of hydrogen-bond donors (Lipinski definition) is 1. The van der Waals surface area contributed by atoms with Crippen molar-refractivity contribution >= 4 is 16.7 Å². The third-order valence-electron chi connectivity index (χ3n) is 3.74. The first-order valence-corrected chi connectivity index (χ1v) is 7.02. The highest BCUT2D eigenvalue weighted by Gasteiger charge is 2.11. The summed E-state index contributed by atoms with van der Waals surface area (Å²) in [5.41, 5.74) is 0.768. The summed E-state index contributed by atoms with van der Waals surface area (Å²) < 4.78 is 0. The second-order valence-corrected chi connectivity index (χ2v) is 4.92. The van der Waals surface area contributed by atoms with Gasteiger partial charge in [-0.25, -0.2) is 0 Å². The van der Waals surface area contributed by atoms with Crippen molar-refractivity contribution < 1.29 is 4.79 Å². The van der Waals surface area contributed by atoms with E-state index < -0.39 is 0 Å². The highest BCUT2D eigenvalue weighted by atomic mass is 16.1. The summed E-state index contributed by atoms with van der Waals surface area (Å²) in [6.45, 7) is 5.09. The maximum atomic E-state index is 12.3. The van der Waals surface area contributed by atoms with Crippen molar-refractivity contribution in [2.75, 3.05) is 6.54 Å². The zero-order chi connectivity index (χ0) is 13.7. The Balaban J connectivity index is 2.17. The van der Waals surface area contributed by atoms with Crippen LogP contribution in [0.5, 0.6) is 0 Å². The summed E-state index contributed by atoms with van der Waals surface area (Å²) in [6, 6.07) is 13.9. The first-order chi connectivity index (χ1) is 9.26. The molecule has 0 aliphatic heterocycles. The molecule has 0 unspecified atom stereocenters. The van der Waals surface area contributed by atoms with E-state index in [9.17, 15) is 4.79 Å². The number of nitrogens with one attached hydrogen (secondary N) is 1. The van der Waals surface area contributed by atoms with Gasteiger partial charge in [-0.1, -0.05) is 63.1 Å². The van der Waals surface area contributed by atoms with Crippen LogP contribution in [0.15, 0.2) is 42.5 Å². The molecule has 1 N–H and O–H groups in total. The molecule has 0 atom stereocenters. The average Bonchev–Trinajstić information content (AvgIpc) is 2.47. The highest BCUT2D eigenvalue weighted by molar-refractivity contribution is 6.06. The van der Waals surface area contributed by atoms with Crippen LogP contribution in [-0.4, -0.2) is 12.5 Å². The second kappa shape index (κ2) is 6.37. The lowest BCUT2D eigenvalue weighted by Gasteiger charge is -2.14. The summed E-state index contributed by atoms with van der Waals surface area (Å²) in [4.78, 5) is 12.3. The van der Waals surface area contributed by atoms with Gasteiger partial charge in [-0.05, 0) is 22.8 Å². The van der Waals surface area contributed by atoms with Crippen LogP contribution >= 0.6 is 0 Å². The SMILES string of the molecule is CCC(CC)CNC(=O)c1cccc2ccccc12. The molecule has 2 rings (SSSR count). The molecule has 100 valence electrons. The fourth-order valence-electron chi connectivity index (χ4n) is 2.33. The fourth-order valence-corrected chi connectivity index (χ4v) is 2.33. The van der Waals surface area contributed by atoms with Crippen molar-refractivity contribution in [3.8, 4) is 0 Å². The molecule has 2 aromatic rings. The van der Waals surface area contributed by atoms with E-state index in [4.69, 9.17) is 0 Å². The smallest absolute Gasteiger partial charge is 0.251 e. The lowest BCUT2D eigenvalue weighted by Crippen LogP contribution is -2.29. The minimum atomic E-state index is 0.0312. The monoisotopic (exact) mass is 255 g/mol. The molecule has 0 saturated heterocycles. The summed E-state index contributed by atoms with van der Waals surface area (Å²) in [7, 11) is 0. The molecule has 1 amide bonds. The summed E-state index contributed by atoms with van der Waals surface area (Å²) in [5.74, 6) is 0.600. The minimum absolute atomic E-state index is 0.0312. The van der Waals surface area contributed by atoms with Gasteiger partial charge in [0.05, 0.1) is 0 Å². The Bertz CT molecular complexity index is 553. The third kappa shape index (κ3) is 3.14. The quantitative estimate of drug-likeness (QED) is 0.859. The number of carbonyl (C=O) groups is 1. The van der Waals surface area contributed by atoms with Gasteiger partial charge in [-0.15, -0.1) is 0 Å². The van der Waals surface area contributed by atoms with E-state index in [-0.39, 0.29) is 5.91 Å². The Morgan fingerprint density at radius 3 is 2.47 bits per heavy atom. The molecule has 2 heteroatoms. The molecule has 0 radical (unpaired) electrons. The molecule has 0 aliphatic carbocycles. The van der Waals surface area contributed by atoms with E-state index in [2.05, 4.69) is 19.2 Å². The number of amides is 1. The van der Waals surface area contributed by atoms with Crippen LogP contribution in [0.25, 0.3) is 10.8 Å². The molecular weight excluding hydrogens is 234 g/mol. The van der Waals surface area contributed by atoms with E-state index in [0.717, 1.165) is 35.7 Å². The molecule has 0 aromatic heterocycles. The van der Waals surface area contributed by atoms with Gasteiger partial charge in [-0.3, -0.25) is 4.79 Å². The standard InChI is InChI=1S/C17H21NO/c1-3-13(4-2)12-18-17(19)16-11-7-9-14-8-5-6-10-15(14)16/h5-11,13H,3-4,12H2,1-2H3,(H,18,19). The summed E-state index contributed by atoms with van der Waals surface area (Å²) in [5, 5.41) is 5.18. The van der Waals surface area contributed by atoms with Crippen LogP contribution in [0.2, 0.25) is 0 Å². The fraction of sp³-hybridized carbons (Fsp3) is 0.353. The number of benzene rings is 2. The van der Waals surface area contributed by atoms with E-state index >= 15 is 0 Å². The van der Waals surface area contributed by atoms with Crippen molar-refractivity contribution in [1.82, 2.24) is 5.32 Å². The van der Waals surface area contributed by atoms with Gasteiger partial charge < -0.3 is 5.32 Å². The van der Waals surface area contributed by atoms with Crippen LogP contribution < -0.4 is 5.32 Å². The molecule has 0 heterocycles. The Kier molecular flexibility index (Phi) is 4.56. The Morgan fingerprint density at radius 1 is 1.05 bits per heavy atom. The van der Waals surface area contributed by atoms with Crippen LogP contribution in [0.1, 0.15) is 37.0 Å². The molecule has 2 aromatic carbocycles. The number of carbonyl (C=O) groups excluding carboxylic acids is 1. The molecule has 0 fully saturated rings. The van der Waals surface area contributed by atoms with E-state index in [1.54, 1.807) is 0 Å². The van der Waals surface area contributed by atoms with Gasteiger partial charge in [0.1, 0.15) is 0 Å². The topological polar surface area (TPSA) is 29.1 Å². The van der Waals surface area contributed by atoms with E-state index in [0.29, 0.717) is 5.92 Å². The zero-order valence-corrected chi connectivity index (χ0v) is 11.6. The average molecular weight is 255 g/mol. The molecule has 0 bridgehead atoms. The normalized spacial score (nSPS) is 10.9. The molecular formula is C17H21NO. The number of hydrogen-bond acceptors (Lipinski definition) is 1. The Morgan fingerprint density at radius 2 is 1.74 bits per heavy atom. The third-order valence-corrected chi connectivity index (χ3v) is 3.74. The summed E-state index contributed by atoms with van der Waals surface area (Å²) >= 11 is 0. The van der Waals surface area contributed by atoms with Crippen LogP contribution in [-0.2, 0) is 0 Å². The van der Waals surface area contributed by atoms with Crippen molar-refractivity contribution in [3.05, 3.63) is 48.0 Å². The van der Waals surface area contributed by atoms with Gasteiger partial charge in [-0.2, -0.15) is 0 Å². The van der Waals surface area contributed by atoms with Crippen molar-refractivity contribution in [1.29, 1.82) is 0 Å². The number of fused-ring (bicyclic) bond motifs is 1. The van der Waals surface area contributed by atoms with Gasteiger partial charge in [0.25, 0.3) is 5.91 Å². The highest BCUT2D eigenvalue weighted by Crippen LogP contribution is 2.18. The largest absolute Gasteiger partial charge is 0.352 e.